The van der Waals surface area contributed by atoms with Gasteiger partial charge in [-0.3, -0.25) is 4.79 Å². The lowest BCUT2D eigenvalue weighted by Crippen LogP contribution is -2.32. The fourth-order valence-electron chi connectivity index (χ4n) is 1.79. The van der Waals surface area contributed by atoms with Crippen LogP contribution < -0.4 is 11.1 Å². The molecule has 104 valence electrons. The van der Waals surface area contributed by atoms with E-state index in [0.29, 0.717) is 17.1 Å². The third-order valence-electron chi connectivity index (χ3n) is 2.88. The van der Waals surface area contributed by atoms with Gasteiger partial charge in [-0.1, -0.05) is 57.9 Å². The highest BCUT2D eigenvalue weighted by molar-refractivity contribution is 9.10. The van der Waals surface area contributed by atoms with Crippen LogP contribution in [0, 0.1) is 0 Å². The largest absolute Gasteiger partial charge is 0.350 e. The predicted molar refractivity (Wildman–Crippen MR) is 84.9 cm³/mol. The first-order valence-corrected chi connectivity index (χ1v) is 7.29. The molecule has 0 heterocycles. The van der Waals surface area contributed by atoms with Crippen LogP contribution in [-0.2, 0) is 0 Å². The monoisotopic (exact) mass is 352 g/mol. The van der Waals surface area contributed by atoms with E-state index in [-0.39, 0.29) is 11.9 Å². The van der Waals surface area contributed by atoms with E-state index in [2.05, 4.69) is 21.2 Å². The van der Waals surface area contributed by atoms with Crippen LogP contribution in [0.5, 0.6) is 0 Å². The van der Waals surface area contributed by atoms with Crippen LogP contribution >= 0.6 is 27.5 Å². The quantitative estimate of drug-likeness (QED) is 0.883. The zero-order valence-electron chi connectivity index (χ0n) is 10.6. The van der Waals surface area contributed by atoms with E-state index in [1.165, 1.54) is 0 Å². The van der Waals surface area contributed by atoms with Crippen LogP contribution in [0.25, 0.3) is 0 Å². The highest BCUT2D eigenvalue weighted by Crippen LogP contribution is 2.21. The first-order valence-electron chi connectivity index (χ1n) is 6.11. The summed E-state index contributed by atoms with van der Waals surface area (Å²) in [6, 6.07) is 14.5. The van der Waals surface area contributed by atoms with Crippen molar-refractivity contribution >= 4 is 33.4 Å². The number of nitrogens with two attached hydrogens (primary N) is 1. The van der Waals surface area contributed by atoms with Crippen LogP contribution in [0.15, 0.2) is 53.0 Å². The molecule has 0 radical (unpaired) electrons. The predicted octanol–water partition coefficient (Wildman–Crippen LogP) is 3.53. The molecule has 0 aliphatic rings. The van der Waals surface area contributed by atoms with Crippen LogP contribution in [0.3, 0.4) is 0 Å². The Morgan fingerprint density at radius 3 is 2.65 bits per heavy atom. The summed E-state index contributed by atoms with van der Waals surface area (Å²) in [7, 11) is 0. The third-order valence-corrected chi connectivity index (χ3v) is 3.71. The van der Waals surface area contributed by atoms with Crippen LogP contribution in [0.2, 0.25) is 5.02 Å². The molecule has 0 saturated heterocycles. The van der Waals surface area contributed by atoms with E-state index in [1.807, 2.05) is 30.3 Å². The lowest BCUT2D eigenvalue weighted by atomic mass is 10.1. The Hall–Kier alpha value is -1.36. The molecule has 3 nitrogen and oxygen atoms in total. The molecule has 0 aliphatic carbocycles. The van der Waals surface area contributed by atoms with Gasteiger partial charge < -0.3 is 11.1 Å². The Bertz CT molecular complexity index is 604. The first-order chi connectivity index (χ1) is 9.58. The fourth-order valence-corrected chi connectivity index (χ4v) is 2.35. The maximum Gasteiger partial charge on any atom is 0.252 e. The number of nitrogens with one attached hydrogen (secondary N) is 1. The van der Waals surface area contributed by atoms with Gasteiger partial charge in [0.15, 0.2) is 0 Å². The van der Waals surface area contributed by atoms with E-state index in [9.17, 15) is 4.79 Å². The lowest BCUT2D eigenvalue weighted by molar-refractivity contribution is 0.0951. The minimum absolute atomic E-state index is 0.234. The summed E-state index contributed by atoms with van der Waals surface area (Å²) in [4.78, 5) is 12.1. The van der Waals surface area contributed by atoms with Crippen molar-refractivity contribution in [3.05, 3.63) is 69.2 Å². The molecular weight excluding hydrogens is 340 g/mol. The van der Waals surface area contributed by atoms with Gasteiger partial charge in [-0.25, -0.2) is 0 Å². The van der Waals surface area contributed by atoms with Gasteiger partial charge in [0, 0.05) is 17.1 Å². The van der Waals surface area contributed by atoms with Crippen molar-refractivity contribution in [2.75, 3.05) is 6.54 Å². The summed E-state index contributed by atoms with van der Waals surface area (Å²) in [6.45, 7) is 0.353. The molecule has 0 aliphatic heterocycles. The standard InChI is InChI=1S/C15H14BrClN2O/c16-11-6-7-13(17)12(8-11)15(20)19-9-14(18)10-4-2-1-3-5-10/h1-8,14H,9,18H2,(H,19,20). The molecule has 1 amide bonds. The number of hydrogen-bond donors (Lipinski definition) is 2. The van der Waals surface area contributed by atoms with Gasteiger partial charge >= 0.3 is 0 Å². The third kappa shape index (κ3) is 3.82. The van der Waals surface area contributed by atoms with Crippen molar-refractivity contribution in [1.82, 2.24) is 5.32 Å². The molecule has 0 spiro atoms. The van der Waals surface area contributed by atoms with Crippen molar-refractivity contribution in [2.45, 2.75) is 6.04 Å². The summed E-state index contributed by atoms with van der Waals surface area (Å²) in [5, 5.41) is 3.21. The van der Waals surface area contributed by atoms with Crippen LogP contribution in [0.4, 0.5) is 0 Å². The minimum Gasteiger partial charge on any atom is -0.350 e. The average Bonchev–Trinajstić information content (AvgIpc) is 2.47. The van der Waals surface area contributed by atoms with E-state index in [4.69, 9.17) is 17.3 Å². The number of amides is 1. The summed E-state index contributed by atoms with van der Waals surface area (Å²) >= 11 is 9.33. The molecule has 5 heteroatoms. The molecule has 2 rings (SSSR count). The average molecular weight is 354 g/mol. The molecule has 1 atom stereocenters. The highest BCUT2D eigenvalue weighted by Gasteiger charge is 2.12. The molecule has 0 aromatic heterocycles. The van der Waals surface area contributed by atoms with Crippen molar-refractivity contribution in [1.29, 1.82) is 0 Å². The molecule has 0 bridgehead atoms. The van der Waals surface area contributed by atoms with E-state index in [0.717, 1.165) is 10.0 Å². The molecule has 0 fully saturated rings. The van der Waals surface area contributed by atoms with Gasteiger partial charge in [0.2, 0.25) is 0 Å². The summed E-state index contributed by atoms with van der Waals surface area (Å²) in [5.74, 6) is -0.234. The van der Waals surface area contributed by atoms with Crippen LogP contribution in [0.1, 0.15) is 22.0 Å². The second-order valence-corrected chi connectivity index (χ2v) is 5.67. The van der Waals surface area contributed by atoms with E-state index >= 15 is 0 Å². The molecule has 0 saturated carbocycles. The maximum atomic E-state index is 12.1. The molecule has 20 heavy (non-hydrogen) atoms. The highest BCUT2D eigenvalue weighted by atomic mass is 79.9. The smallest absolute Gasteiger partial charge is 0.252 e. The van der Waals surface area contributed by atoms with Gasteiger partial charge in [-0.2, -0.15) is 0 Å². The number of carbonyl (C=O) groups is 1. The molecule has 3 N–H and O–H groups in total. The lowest BCUT2D eigenvalue weighted by Gasteiger charge is -2.13. The van der Waals surface area contributed by atoms with Gasteiger partial charge in [0.1, 0.15) is 0 Å². The van der Waals surface area contributed by atoms with Crippen molar-refractivity contribution in [3.8, 4) is 0 Å². The summed E-state index contributed by atoms with van der Waals surface area (Å²) in [6.07, 6.45) is 0. The zero-order chi connectivity index (χ0) is 14.5. The second kappa shape index (κ2) is 6.88. The normalized spacial score (nSPS) is 11.9. The topological polar surface area (TPSA) is 55.1 Å². The Kier molecular flexibility index (Phi) is 5.17. The first kappa shape index (κ1) is 15.0. The number of benzene rings is 2. The fraction of sp³-hybridized carbons (Fsp3) is 0.133. The van der Waals surface area contributed by atoms with Gasteiger partial charge in [-0.05, 0) is 23.8 Å². The van der Waals surface area contributed by atoms with E-state index < -0.39 is 0 Å². The van der Waals surface area contributed by atoms with Gasteiger partial charge in [0.25, 0.3) is 5.91 Å². The molecular formula is C15H14BrClN2O. The number of hydrogen-bond acceptors (Lipinski definition) is 2. The zero-order valence-corrected chi connectivity index (χ0v) is 13.0. The Balaban J connectivity index is 2.00. The van der Waals surface area contributed by atoms with Gasteiger partial charge in [0.05, 0.1) is 10.6 Å². The Labute approximate surface area is 131 Å². The summed E-state index contributed by atoms with van der Waals surface area (Å²) < 4.78 is 0.805. The maximum absolute atomic E-state index is 12.1. The number of rotatable bonds is 4. The Morgan fingerprint density at radius 1 is 1.25 bits per heavy atom. The van der Waals surface area contributed by atoms with Crippen molar-refractivity contribution < 1.29 is 4.79 Å². The second-order valence-electron chi connectivity index (χ2n) is 4.35. The molecule has 2 aromatic rings. The number of carbonyl (C=O) groups excluding carboxylic acids is 1. The van der Waals surface area contributed by atoms with Crippen LogP contribution in [-0.4, -0.2) is 12.5 Å². The SMILES string of the molecule is NC(CNC(=O)c1cc(Br)ccc1Cl)c1ccccc1. The molecule has 1 unspecified atom stereocenters. The number of halogens is 2. The molecule has 2 aromatic carbocycles. The Morgan fingerprint density at radius 2 is 1.95 bits per heavy atom. The van der Waals surface area contributed by atoms with E-state index in [1.54, 1.807) is 18.2 Å². The summed E-state index contributed by atoms with van der Waals surface area (Å²) in [5.41, 5.74) is 7.44. The van der Waals surface area contributed by atoms with Gasteiger partial charge in [-0.15, -0.1) is 0 Å². The van der Waals surface area contributed by atoms with Crippen molar-refractivity contribution in [3.63, 3.8) is 0 Å². The minimum atomic E-state index is -0.244. The van der Waals surface area contributed by atoms with Crippen molar-refractivity contribution in [2.24, 2.45) is 5.73 Å².